The van der Waals surface area contributed by atoms with Crippen LogP contribution >= 0.6 is 24.0 Å². The number of ether oxygens (including phenoxy) is 1. The van der Waals surface area contributed by atoms with Crippen molar-refractivity contribution in [2.24, 2.45) is 4.99 Å². The molecule has 0 aliphatic rings. The number of methoxy groups -OCH3 is 1. The highest BCUT2D eigenvalue weighted by Crippen LogP contribution is 2.20. The maximum atomic E-state index is 5.43. The Morgan fingerprint density at radius 3 is 2.75 bits per heavy atom. The van der Waals surface area contributed by atoms with Crippen LogP contribution in [0.25, 0.3) is 0 Å². The molecule has 2 N–H and O–H groups in total. The average Bonchev–Trinajstić information content (AvgIpc) is 3.06. The van der Waals surface area contributed by atoms with Gasteiger partial charge in [-0.05, 0) is 37.6 Å². The molecule has 2 rings (SSSR count). The van der Waals surface area contributed by atoms with Gasteiger partial charge in [-0.15, -0.1) is 24.0 Å². The Hall–Kier alpha value is -1.70. The lowest BCUT2D eigenvalue weighted by Gasteiger charge is -2.12. The van der Waals surface area contributed by atoms with Gasteiger partial charge in [-0.1, -0.05) is 12.1 Å². The largest absolute Gasteiger partial charge is 0.496 e. The molecule has 0 aliphatic heterocycles. The number of halogens is 1. The SMILES string of the molecule is CCNC(=NCc1ccc(C)cc1OC)NCCc1ccco1.I. The molecule has 1 heterocycles. The van der Waals surface area contributed by atoms with Crippen LogP contribution < -0.4 is 15.4 Å². The zero-order valence-corrected chi connectivity index (χ0v) is 16.8. The predicted octanol–water partition coefficient (Wildman–Crippen LogP) is 3.51. The van der Waals surface area contributed by atoms with E-state index in [1.807, 2.05) is 18.2 Å². The third-order valence-electron chi connectivity index (χ3n) is 3.44. The molecular formula is C18H26IN3O2. The van der Waals surface area contributed by atoms with Crippen LogP contribution in [0.3, 0.4) is 0 Å². The van der Waals surface area contributed by atoms with E-state index in [-0.39, 0.29) is 24.0 Å². The molecular weight excluding hydrogens is 417 g/mol. The minimum atomic E-state index is 0. The van der Waals surface area contributed by atoms with Crippen molar-refractivity contribution < 1.29 is 9.15 Å². The highest BCUT2D eigenvalue weighted by Gasteiger charge is 2.04. The summed E-state index contributed by atoms with van der Waals surface area (Å²) < 4.78 is 10.8. The van der Waals surface area contributed by atoms with Gasteiger partial charge in [0.05, 0.1) is 19.9 Å². The van der Waals surface area contributed by atoms with Gasteiger partial charge < -0.3 is 19.8 Å². The molecule has 0 bridgehead atoms. The average molecular weight is 443 g/mol. The fraction of sp³-hybridized carbons (Fsp3) is 0.389. The number of guanidine groups is 1. The maximum Gasteiger partial charge on any atom is 0.191 e. The molecule has 0 spiro atoms. The number of benzene rings is 1. The van der Waals surface area contributed by atoms with Crippen LogP contribution in [0.1, 0.15) is 23.8 Å². The maximum absolute atomic E-state index is 5.43. The van der Waals surface area contributed by atoms with Gasteiger partial charge in [-0.2, -0.15) is 0 Å². The number of nitrogens with zero attached hydrogens (tertiary/aromatic N) is 1. The van der Waals surface area contributed by atoms with Gasteiger partial charge in [0.15, 0.2) is 5.96 Å². The molecule has 0 amide bonds. The van der Waals surface area contributed by atoms with Crippen LogP contribution in [0, 0.1) is 6.92 Å². The number of nitrogens with one attached hydrogen (secondary N) is 2. The molecule has 5 nitrogen and oxygen atoms in total. The molecule has 6 heteroatoms. The van der Waals surface area contributed by atoms with Crippen LogP contribution in [-0.2, 0) is 13.0 Å². The molecule has 0 saturated carbocycles. The molecule has 0 fully saturated rings. The summed E-state index contributed by atoms with van der Waals surface area (Å²) >= 11 is 0. The Kier molecular flexibility index (Phi) is 9.29. The molecule has 0 aliphatic carbocycles. The van der Waals surface area contributed by atoms with Gasteiger partial charge in [0.1, 0.15) is 11.5 Å². The summed E-state index contributed by atoms with van der Waals surface area (Å²) in [4.78, 5) is 4.62. The minimum Gasteiger partial charge on any atom is -0.496 e. The smallest absolute Gasteiger partial charge is 0.191 e. The first-order chi connectivity index (χ1) is 11.2. The van der Waals surface area contributed by atoms with E-state index < -0.39 is 0 Å². The molecule has 132 valence electrons. The summed E-state index contributed by atoms with van der Waals surface area (Å²) in [5.41, 5.74) is 2.25. The number of rotatable bonds is 7. The van der Waals surface area contributed by atoms with Crippen molar-refractivity contribution in [3.63, 3.8) is 0 Å². The van der Waals surface area contributed by atoms with Crippen molar-refractivity contribution in [2.75, 3.05) is 20.2 Å². The van der Waals surface area contributed by atoms with Gasteiger partial charge in [0.2, 0.25) is 0 Å². The normalized spacial score (nSPS) is 10.9. The zero-order chi connectivity index (χ0) is 16.5. The van der Waals surface area contributed by atoms with E-state index in [1.54, 1.807) is 13.4 Å². The van der Waals surface area contributed by atoms with Gasteiger partial charge >= 0.3 is 0 Å². The zero-order valence-electron chi connectivity index (χ0n) is 14.5. The highest BCUT2D eigenvalue weighted by atomic mass is 127. The lowest BCUT2D eigenvalue weighted by molar-refractivity contribution is 0.409. The van der Waals surface area contributed by atoms with Crippen LogP contribution in [0.4, 0.5) is 0 Å². The molecule has 2 aromatic rings. The van der Waals surface area contributed by atoms with Crippen molar-refractivity contribution >= 4 is 29.9 Å². The first-order valence-corrected chi connectivity index (χ1v) is 7.91. The Morgan fingerprint density at radius 2 is 2.08 bits per heavy atom. The van der Waals surface area contributed by atoms with Gasteiger partial charge in [-0.25, -0.2) is 4.99 Å². The second kappa shape index (κ2) is 11.0. The number of furan rings is 1. The van der Waals surface area contributed by atoms with Crippen molar-refractivity contribution in [3.05, 3.63) is 53.5 Å². The second-order valence-corrected chi connectivity index (χ2v) is 5.27. The van der Waals surface area contributed by atoms with Crippen molar-refractivity contribution in [3.8, 4) is 5.75 Å². The van der Waals surface area contributed by atoms with E-state index in [0.29, 0.717) is 6.54 Å². The molecule has 24 heavy (non-hydrogen) atoms. The van der Waals surface area contributed by atoms with Crippen LogP contribution in [0.2, 0.25) is 0 Å². The lowest BCUT2D eigenvalue weighted by atomic mass is 10.1. The highest BCUT2D eigenvalue weighted by molar-refractivity contribution is 14.0. The summed E-state index contributed by atoms with van der Waals surface area (Å²) in [6, 6.07) is 10.0. The summed E-state index contributed by atoms with van der Waals surface area (Å²) in [5.74, 6) is 2.63. The molecule has 0 unspecified atom stereocenters. The van der Waals surface area contributed by atoms with Gasteiger partial charge in [0.25, 0.3) is 0 Å². The van der Waals surface area contributed by atoms with E-state index in [1.165, 1.54) is 5.56 Å². The van der Waals surface area contributed by atoms with E-state index in [9.17, 15) is 0 Å². The summed E-state index contributed by atoms with van der Waals surface area (Å²) in [7, 11) is 1.69. The Balaban J connectivity index is 0.00000288. The third kappa shape index (κ3) is 6.43. The second-order valence-electron chi connectivity index (χ2n) is 5.27. The van der Waals surface area contributed by atoms with E-state index in [4.69, 9.17) is 9.15 Å². The predicted molar refractivity (Wildman–Crippen MR) is 108 cm³/mol. The van der Waals surface area contributed by atoms with Crippen LogP contribution in [0.15, 0.2) is 46.0 Å². The van der Waals surface area contributed by atoms with E-state index >= 15 is 0 Å². The van der Waals surface area contributed by atoms with Crippen LogP contribution in [0.5, 0.6) is 5.75 Å². The lowest BCUT2D eigenvalue weighted by Crippen LogP contribution is -2.38. The van der Waals surface area contributed by atoms with E-state index in [0.717, 1.165) is 42.5 Å². The number of hydrogen-bond acceptors (Lipinski definition) is 3. The van der Waals surface area contributed by atoms with Crippen LogP contribution in [-0.4, -0.2) is 26.2 Å². The summed E-state index contributed by atoms with van der Waals surface area (Å²) in [5, 5.41) is 6.57. The standard InChI is InChI=1S/C18H25N3O2.HI/c1-4-19-18(20-10-9-16-6-5-11-23-16)21-13-15-8-7-14(2)12-17(15)22-3;/h5-8,11-12H,4,9-10,13H2,1-3H3,(H2,19,20,21);1H. The molecule has 1 aromatic carbocycles. The fourth-order valence-corrected chi connectivity index (χ4v) is 2.25. The third-order valence-corrected chi connectivity index (χ3v) is 3.44. The Labute approximate surface area is 160 Å². The number of aryl methyl sites for hydroxylation is 1. The molecule has 0 radical (unpaired) electrons. The quantitative estimate of drug-likeness (QED) is 0.391. The molecule has 1 aromatic heterocycles. The van der Waals surface area contributed by atoms with Gasteiger partial charge in [0, 0.05) is 25.1 Å². The topological polar surface area (TPSA) is 58.8 Å². The number of hydrogen-bond donors (Lipinski definition) is 2. The first-order valence-electron chi connectivity index (χ1n) is 7.91. The summed E-state index contributed by atoms with van der Waals surface area (Å²) in [6.07, 6.45) is 2.52. The number of aliphatic imine (C=N–C) groups is 1. The van der Waals surface area contributed by atoms with Gasteiger partial charge in [-0.3, -0.25) is 0 Å². The van der Waals surface area contributed by atoms with Crippen molar-refractivity contribution in [1.29, 1.82) is 0 Å². The molecule has 0 saturated heterocycles. The Bertz CT molecular complexity index is 627. The first kappa shape index (κ1) is 20.3. The van der Waals surface area contributed by atoms with E-state index in [2.05, 4.69) is 41.6 Å². The fourth-order valence-electron chi connectivity index (χ4n) is 2.25. The van der Waals surface area contributed by atoms with Crippen molar-refractivity contribution in [1.82, 2.24) is 10.6 Å². The monoisotopic (exact) mass is 443 g/mol. The molecule has 0 atom stereocenters. The summed E-state index contributed by atoms with van der Waals surface area (Å²) in [6.45, 7) is 6.26. The van der Waals surface area contributed by atoms with Crippen molar-refractivity contribution in [2.45, 2.75) is 26.8 Å². The minimum absolute atomic E-state index is 0. The Morgan fingerprint density at radius 1 is 1.25 bits per heavy atom.